The average Bonchev–Trinajstić information content (AvgIpc) is 3.21. The smallest absolute Gasteiger partial charge is 0.255 e. The highest BCUT2D eigenvalue weighted by molar-refractivity contribution is 6.31. The summed E-state index contributed by atoms with van der Waals surface area (Å²) in [6, 6.07) is 14.1. The van der Waals surface area contributed by atoms with Gasteiger partial charge in [0.05, 0.1) is 23.1 Å². The first kappa shape index (κ1) is 23.3. The maximum absolute atomic E-state index is 13.1. The maximum atomic E-state index is 13.1. The number of amides is 1. The average molecular weight is 459 g/mol. The van der Waals surface area contributed by atoms with Gasteiger partial charge in [-0.3, -0.25) is 4.79 Å². The van der Waals surface area contributed by atoms with E-state index in [0.717, 1.165) is 48.4 Å². The van der Waals surface area contributed by atoms with Crippen LogP contribution in [-0.2, 0) is 6.54 Å². The third-order valence-corrected chi connectivity index (χ3v) is 6.16. The standard InChI is InChI=1S/C24H27ClN4O.ClH/c1-16-3-6-18(7-4-16)14-27-24(30)21-15-28-29(20-8-5-17(2)22(25)13-20)23(21)19-9-11-26-12-10-19;/h3-8,13,15,19,26H,9-12,14H2,1-2H3,(H,27,30);1H. The molecule has 0 radical (unpaired) electrons. The largest absolute Gasteiger partial charge is 0.348 e. The van der Waals surface area contributed by atoms with E-state index in [4.69, 9.17) is 11.6 Å². The first-order chi connectivity index (χ1) is 14.5. The number of nitrogens with zero attached hydrogens (tertiary/aromatic N) is 2. The maximum Gasteiger partial charge on any atom is 0.255 e. The van der Waals surface area contributed by atoms with E-state index in [1.165, 1.54) is 5.56 Å². The lowest BCUT2D eigenvalue weighted by molar-refractivity contribution is 0.0949. The van der Waals surface area contributed by atoms with Crippen molar-refractivity contribution in [2.45, 2.75) is 39.2 Å². The number of hydrogen-bond acceptors (Lipinski definition) is 3. The SMILES string of the molecule is Cc1ccc(CNC(=O)c2cnn(-c3ccc(C)c(Cl)c3)c2C2CCNCC2)cc1.Cl. The number of aryl methyl sites for hydroxylation is 2. The summed E-state index contributed by atoms with van der Waals surface area (Å²) in [5.74, 6) is 0.183. The summed E-state index contributed by atoms with van der Waals surface area (Å²) in [5.41, 5.74) is 5.80. The van der Waals surface area contributed by atoms with Crippen molar-refractivity contribution in [1.82, 2.24) is 20.4 Å². The van der Waals surface area contributed by atoms with Gasteiger partial charge in [-0.05, 0) is 63.0 Å². The Kier molecular flexibility index (Phi) is 7.76. The van der Waals surface area contributed by atoms with Crippen LogP contribution in [-0.4, -0.2) is 28.8 Å². The van der Waals surface area contributed by atoms with Crippen LogP contribution in [0.4, 0.5) is 0 Å². The third-order valence-electron chi connectivity index (χ3n) is 5.75. The van der Waals surface area contributed by atoms with Crippen LogP contribution in [0.2, 0.25) is 5.02 Å². The summed E-state index contributed by atoms with van der Waals surface area (Å²) in [6.45, 7) is 6.41. The van der Waals surface area contributed by atoms with Gasteiger partial charge in [0, 0.05) is 17.5 Å². The van der Waals surface area contributed by atoms with Crippen molar-refractivity contribution >= 4 is 29.9 Å². The molecule has 0 spiro atoms. The molecule has 164 valence electrons. The second kappa shape index (κ2) is 10.3. The monoisotopic (exact) mass is 458 g/mol. The molecule has 1 fully saturated rings. The zero-order valence-electron chi connectivity index (χ0n) is 17.8. The molecular weight excluding hydrogens is 431 g/mol. The molecule has 1 aliphatic rings. The van der Waals surface area contributed by atoms with Gasteiger partial charge in [0.2, 0.25) is 0 Å². The van der Waals surface area contributed by atoms with Crippen molar-refractivity contribution in [2.75, 3.05) is 13.1 Å². The summed E-state index contributed by atoms with van der Waals surface area (Å²) in [4.78, 5) is 13.1. The Labute approximate surface area is 194 Å². The van der Waals surface area contributed by atoms with Crippen LogP contribution in [0.1, 0.15) is 51.5 Å². The van der Waals surface area contributed by atoms with Gasteiger partial charge < -0.3 is 10.6 Å². The highest BCUT2D eigenvalue weighted by Crippen LogP contribution is 2.31. The van der Waals surface area contributed by atoms with Crippen LogP contribution in [0, 0.1) is 13.8 Å². The normalized spacial score (nSPS) is 14.2. The number of aromatic nitrogens is 2. The fourth-order valence-corrected chi connectivity index (χ4v) is 4.10. The molecule has 1 amide bonds. The minimum Gasteiger partial charge on any atom is -0.348 e. The van der Waals surface area contributed by atoms with Crippen molar-refractivity contribution in [3.8, 4) is 5.69 Å². The summed E-state index contributed by atoms with van der Waals surface area (Å²) in [7, 11) is 0. The van der Waals surface area contributed by atoms with Gasteiger partial charge in [0.1, 0.15) is 0 Å². The van der Waals surface area contributed by atoms with Gasteiger partial charge in [-0.1, -0.05) is 47.5 Å². The molecule has 0 saturated carbocycles. The van der Waals surface area contributed by atoms with Crippen molar-refractivity contribution < 1.29 is 4.79 Å². The van der Waals surface area contributed by atoms with Gasteiger partial charge >= 0.3 is 0 Å². The Balaban J connectivity index is 0.00000272. The lowest BCUT2D eigenvalue weighted by atomic mass is 9.91. The van der Waals surface area contributed by atoms with Crippen LogP contribution in [0.3, 0.4) is 0 Å². The molecule has 2 heterocycles. The van der Waals surface area contributed by atoms with Crippen LogP contribution in [0.5, 0.6) is 0 Å². The lowest BCUT2D eigenvalue weighted by Gasteiger charge is -2.25. The predicted octanol–water partition coefficient (Wildman–Crippen LogP) is 4.96. The summed E-state index contributed by atoms with van der Waals surface area (Å²) in [5, 5.41) is 11.8. The minimum absolute atomic E-state index is 0. The van der Waals surface area contributed by atoms with E-state index in [1.54, 1.807) is 6.20 Å². The van der Waals surface area contributed by atoms with Crippen molar-refractivity contribution in [3.05, 3.63) is 81.6 Å². The number of nitrogens with one attached hydrogen (secondary N) is 2. The summed E-state index contributed by atoms with van der Waals surface area (Å²) >= 11 is 6.37. The van der Waals surface area contributed by atoms with E-state index >= 15 is 0 Å². The summed E-state index contributed by atoms with van der Waals surface area (Å²) in [6.07, 6.45) is 3.64. The molecule has 2 aromatic carbocycles. The molecule has 0 aliphatic carbocycles. The number of hydrogen-bond donors (Lipinski definition) is 2. The number of piperidine rings is 1. The second-order valence-electron chi connectivity index (χ2n) is 7.98. The number of halogens is 2. The molecule has 0 bridgehead atoms. The molecule has 1 saturated heterocycles. The Bertz CT molecular complexity index is 1040. The molecule has 5 nitrogen and oxygen atoms in total. The Morgan fingerprint density at radius 1 is 1.16 bits per heavy atom. The van der Waals surface area contributed by atoms with E-state index in [-0.39, 0.29) is 24.2 Å². The lowest BCUT2D eigenvalue weighted by Crippen LogP contribution is -2.30. The first-order valence-corrected chi connectivity index (χ1v) is 10.8. The quantitative estimate of drug-likeness (QED) is 0.567. The number of rotatable bonds is 5. The zero-order valence-corrected chi connectivity index (χ0v) is 19.4. The van der Waals surface area contributed by atoms with Gasteiger partial charge in [0.25, 0.3) is 5.91 Å². The van der Waals surface area contributed by atoms with Gasteiger partial charge in [-0.15, -0.1) is 12.4 Å². The van der Waals surface area contributed by atoms with E-state index in [2.05, 4.69) is 34.8 Å². The van der Waals surface area contributed by atoms with Crippen LogP contribution >= 0.6 is 24.0 Å². The molecule has 2 N–H and O–H groups in total. The Hall–Kier alpha value is -2.34. The molecule has 0 unspecified atom stereocenters. The molecule has 1 aromatic heterocycles. The number of carbonyl (C=O) groups is 1. The first-order valence-electron chi connectivity index (χ1n) is 10.4. The molecule has 4 rings (SSSR count). The minimum atomic E-state index is -0.0893. The molecule has 3 aromatic rings. The highest BCUT2D eigenvalue weighted by atomic mass is 35.5. The highest BCUT2D eigenvalue weighted by Gasteiger charge is 2.27. The van der Waals surface area contributed by atoms with Crippen LogP contribution in [0.25, 0.3) is 5.69 Å². The zero-order chi connectivity index (χ0) is 21.1. The van der Waals surface area contributed by atoms with Crippen LogP contribution < -0.4 is 10.6 Å². The van der Waals surface area contributed by atoms with E-state index < -0.39 is 0 Å². The van der Waals surface area contributed by atoms with Gasteiger partial charge in [-0.2, -0.15) is 5.10 Å². The molecule has 31 heavy (non-hydrogen) atoms. The Morgan fingerprint density at radius 3 is 2.55 bits per heavy atom. The molecular formula is C24H28Cl2N4O. The predicted molar refractivity (Wildman–Crippen MR) is 128 cm³/mol. The van der Waals surface area contributed by atoms with E-state index in [9.17, 15) is 4.79 Å². The second-order valence-corrected chi connectivity index (χ2v) is 8.39. The number of carbonyl (C=O) groups excluding carboxylic acids is 1. The van der Waals surface area contributed by atoms with Crippen molar-refractivity contribution in [2.24, 2.45) is 0 Å². The van der Waals surface area contributed by atoms with Crippen molar-refractivity contribution in [1.29, 1.82) is 0 Å². The Morgan fingerprint density at radius 2 is 1.87 bits per heavy atom. The molecule has 1 aliphatic heterocycles. The molecule has 7 heteroatoms. The van der Waals surface area contributed by atoms with E-state index in [0.29, 0.717) is 17.1 Å². The third kappa shape index (κ3) is 5.29. The van der Waals surface area contributed by atoms with Crippen LogP contribution in [0.15, 0.2) is 48.7 Å². The van der Waals surface area contributed by atoms with Gasteiger partial charge in [-0.25, -0.2) is 4.68 Å². The fourth-order valence-electron chi connectivity index (χ4n) is 3.92. The number of benzene rings is 2. The summed E-state index contributed by atoms with van der Waals surface area (Å²) < 4.78 is 1.89. The fraction of sp³-hybridized carbons (Fsp3) is 0.333. The van der Waals surface area contributed by atoms with E-state index in [1.807, 2.05) is 41.9 Å². The van der Waals surface area contributed by atoms with Crippen molar-refractivity contribution in [3.63, 3.8) is 0 Å². The van der Waals surface area contributed by atoms with Gasteiger partial charge in [0.15, 0.2) is 0 Å². The topological polar surface area (TPSA) is 59.0 Å². The molecule has 0 atom stereocenters.